The molecule has 1 aromatic rings. The van der Waals surface area contributed by atoms with Gasteiger partial charge >= 0.3 is 7.12 Å². The highest BCUT2D eigenvalue weighted by molar-refractivity contribution is 6.58. The van der Waals surface area contributed by atoms with Gasteiger partial charge in [-0.25, -0.2) is 0 Å². The molecule has 0 aromatic heterocycles. The van der Waals surface area contributed by atoms with Gasteiger partial charge in [-0.3, -0.25) is 0 Å². The van der Waals surface area contributed by atoms with Crippen molar-refractivity contribution >= 4 is 18.3 Å². The van der Waals surface area contributed by atoms with Crippen LogP contribution in [0.2, 0.25) is 0 Å². The van der Waals surface area contributed by atoms with Crippen LogP contribution in [0.4, 0.5) is 5.69 Å². The molecule has 2 N–H and O–H groups in total. The van der Waals surface area contributed by atoms with Crippen LogP contribution in [0.5, 0.6) is 0 Å². The van der Waals surface area contributed by atoms with E-state index >= 15 is 0 Å². The first-order chi connectivity index (χ1) is 7.45. The van der Waals surface area contributed by atoms with E-state index in [-0.39, 0.29) is 5.41 Å². The number of nitrogens with zero attached hydrogens (tertiary/aromatic N) is 1. The summed E-state index contributed by atoms with van der Waals surface area (Å²) in [7, 11) is -1.38. The summed E-state index contributed by atoms with van der Waals surface area (Å²) >= 11 is 0. The zero-order chi connectivity index (χ0) is 11.9. The lowest BCUT2D eigenvalue weighted by Gasteiger charge is -2.20. The van der Waals surface area contributed by atoms with Crippen LogP contribution in [0, 0.1) is 0 Å². The van der Waals surface area contributed by atoms with Gasteiger partial charge in [0.1, 0.15) is 0 Å². The number of benzene rings is 1. The van der Waals surface area contributed by atoms with E-state index in [0.29, 0.717) is 5.46 Å². The third-order valence-corrected chi connectivity index (χ3v) is 3.36. The van der Waals surface area contributed by atoms with Gasteiger partial charge in [0.15, 0.2) is 0 Å². The van der Waals surface area contributed by atoms with Crippen LogP contribution in [0.3, 0.4) is 0 Å². The van der Waals surface area contributed by atoms with Gasteiger partial charge in [-0.2, -0.15) is 0 Å². The molecule has 86 valence electrons. The van der Waals surface area contributed by atoms with Crippen LogP contribution in [0.15, 0.2) is 18.2 Å². The standard InChI is InChI=1S/C12H18BNO2/c1-4-14-8-12(2,3)10-6-5-9(13(15)16)7-11(10)14/h5-7,15-16H,4,8H2,1-3H3. The lowest BCUT2D eigenvalue weighted by Crippen LogP contribution is -2.30. The molecule has 16 heavy (non-hydrogen) atoms. The van der Waals surface area contributed by atoms with E-state index < -0.39 is 7.12 Å². The summed E-state index contributed by atoms with van der Waals surface area (Å²) in [6.07, 6.45) is 0. The first kappa shape index (κ1) is 11.5. The Labute approximate surface area is 96.9 Å². The molecule has 1 heterocycles. The first-order valence-electron chi connectivity index (χ1n) is 5.71. The van der Waals surface area contributed by atoms with Crippen LogP contribution >= 0.6 is 0 Å². The Morgan fingerprint density at radius 3 is 2.62 bits per heavy atom. The normalized spacial score (nSPS) is 17.4. The molecule has 1 aromatic carbocycles. The molecule has 0 amide bonds. The molecular weight excluding hydrogens is 201 g/mol. The lowest BCUT2D eigenvalue weighted by atomic mass is 9.78. The van der Waals surface area contributed by atoms with Gasteiger partial charge in [-0.1, -0.05) is 26.0 Å². The molecule has 1 aliphatic heterocycles. The lowest BCUT2D eigenvalue weighted by molar-refractivity contribution is 0.426. The molecule has 0 aliphatic carbocycles. The van der Waals surface area contributed by atoms with Crippen molar-refractivity contribution in [3.8, 4) is 0 Å². The van der Waals surface area contributed by atoms with Gasteiger partial charge in [0.05, 0.1) is 0 Å². The van der Waals surface area contributed by atoms with Crippen molar-refractivity contribution in [3.63, 3.8) is 0 Å². The molecule has 2 rings (SSSR count). The third-order valence-electron chi connectivity index (χ3n) is 3.36. The molecular formula is C12H18BNO2. The maximum Gasteiger partial charge on any atom is 0.488 e. The van der Waals surface area contributed by atoms with E-state index in [9.17, 15) is 10.0 Å². The number of rotatable bonds is 2. The Bertz CT molecular complexity index is 404. The van der Waals surface area contributed by atoms with E-state index in [2.05, 4.69) is 25.7 Å². The van der Waals surface area contributed by atoms with Gasteiger partial charge in [0.25, 0.3) is 0 Å². The zero-order valence-corrected chi connectivity index (χ0v) is 10.1. The topological polar surface area (TPSA) is 43.7 Å². The summed E-state index contributed by atoms with van der Waals surface area (Å²) in [6, 6.07) is 5.70. The molecule has 0 spiro atoms. The van der Waals surface area contributed by atoms with Crippen molar-refractivity contribution in [2.24, 2.45) is 0 Å². The Kier molecular flexibility index (Phi) is 2.72. The molecule has 0 saturated carbocycles. The average Bonchev–Trinajstić information content (AvgIpc) is 2.50. The number of anilines is 1. The summed E-state index contributed by atoms with van der Waals surface area (Å²) in [5.41, 5.74) is 3.14. The smallest absolute Gasteiger partial charge is 0.423 e. The van der Waals surface area contributed by atoms with Crippen molar-refractivity contribution in [2.75, 3.05) is 18.0 Å². The number of likely N-dealkylation sites (N-methyl/N-ethyl adjacent to an activating group) is 1. The Hall–Kier alpha value is -0.995. The van der Waals surface area contributed by atoms with Gasteiger partial charge in [0.2, 0.25) is 0 Å². The minimum Gasteiger partial charge on any atom is -0.423 e. The fourth-order valence-corrected chi connectivity index (χ4v) is 2.47. The van der Waals surface area contributed by atoms with Gasteiger partial charge in [-0.15, -0.1) is 0 Å². The molecule has 0 saturated heterocycles. The van der Waals surface area contributed by atoms with Crippen LogP contribution in [-0.2, 0) is 5.41 Å². The maximum atomic E-state index is 9.18. The van der Waals surface area contributed by atoms with E-state index in [0.717, 1.165) is 18.8 Å². The summed E-state index contributed by atoms with van der Waals surface area (Å²) in [6.45, 7) is 8.49. The van der Waals surface area contributed by atoms with Crippen molar-refractivity contribution in [1.82, 2.24) is 0 Å². The second-order valence-electron chi connectivity index (χ2n) is 5.05. The van der Waals surface area contributed by atoms with Crippen LogP contribution < -0.4 is 10.4 Å². The van der Waals surface area contributed by atoms with Gasteiger partial charge in [-0.05, 0) is 24.0 Å². The van der Waals surface area contributed by atoms with Gasteiger partial charge in [0, 0.05) is 24.2 Å². The molecule has 4 heteroatoms. The molecule has 0 radical (unpaired) electrons. The molecule has 0 unspecified atom stereocenters. The molecule has 3 nitrogen and oxygen atoms in total. The van der Waals surface area contributed by atoms with Crippen LogP contribution in [-0.4, -0.2) is 30.3 Å². The number of hydrogen-bond donors (Lipinski definition) is 2. The van der Waals surface area contributed by atoms with Crippen molar-refractivity contribution in [3.05, 3.63) is 23.8 Å². The van der Waals surface area contributed by atoms with E-state index in [1.165, 1.54) is 5.56 Å². The number of hydrogen-bond acceptors (Lipinski definition) is 3. The zero-order valence-electron chi connectivity index (χ0n) is 10.1. The van der Waals surface area contributed by atoms with E-state index in [1.54, 1.807) is 6.07 Å². The average molecular weight is 219 g/mol. The van der Waals surface area contributed by atoms with Gasteiger partial charge < -0.3 is 14.9 Å². The predicted octanol–water partition coefficient (Wildman–Crippen LogP) is 0.484. The number of fused-ring (bicyclic) bond motifs is 1. The third kappa shape index (κ3) is 1.72. The first-order valence-corrected chi connectivity index (χ1v) is 5.71. The quantitative estimate of drug-likeness (QED) is 0.711. The summed E-state index contributed by atoms with van der Waals surface area (Å²) < 4.78 is 0. The van der Waals surface area contributed by atoms with E-state index in [4.69, 9.17) is 0 Å². The minimum atomic E-state index is -1.38. The summed E-state index contributed by atoms with van der Waals surface area (Å²) in [4.78, 5) is 2.28. The SMILES string of the molecule is CCN1CC(C)(C)c2ccc(B(O)O)cc21. The Morgan fingerprint density at radius 2 is 2.06 bits per heavy atom. The molecule has 0 atom stereocenters. The minimum absolute atomic E-state index is 0.143. The maximum absolute atomic E-state index is 9.18. The predicted molar refractivity (Wildman–Crippen MR) is 67.2 cm³/mol. The highest BCUT2D eigenvalue weighted by Crippen LogP contribution is 2.39. The fourth-order valence-electron chi connectivity index (χ4n) is 2.47. The van der Waals surface area contributed by atoms with E-state index in [1.807, 2.05) is 12.1 Å². The molecule has 0 bridgehead atoms. The van der Waals surface area contributed by atoms with Crippen molar-refractivity contribution in [1.29, 1.82) is 0 Å². The second kappa shape index (κ2) is 3.79. The monoisotopic (exact) mass is 219 g/mol. The molecule has 1 aliphatic rings. The Balaban J connectivity index is 2.49. The van der Waals surface area contributed by atoms with Crippen LogP contribution in [0.1, 0.15) is 26.3 Å². The largest absolute Gasteiger partial charge is 0.488 e. The summed E-state index contributed by atoms with van der Waals surface area (Å²) in [5.74, 6) is 0. The van der Waals surface area contributed by atoms with Crippen LogP contribution in [0.25, 0.3) is 0 Å². The highest BCUT2D eigenvalue weighted by Gasteiger charge is 2.34. The highest BCUT2D eigenvalue weighted by atomic mass is 16.4. The summed E-state index contributed by atoms with van der Waals surface area (Å²) in [5, 5.41) is 18.4. The second-order valence-corrected chi connectivity index (χ2v) is 5.05. The molecule has 0 fully saturated rings. The Morgan fingerprint density at radius 1 is 1.38 bits per heavy atom. The van der Waals surface area contributed by atoms with Crippen molar-refractivity contribution < 1.29 is 10.0 Å². The van der Waals surface area contributed by atoms with Crippen molar-refractivity contribution in [2.45, 2.75) is 26.2 Å². The fraction of sp³-hybridized carbons (Fsp3) is 0.500.